The Morgan fingerprint density at radius 2 is 1.73 bits per heavy atom. The van der Waals surface area contributed by atoms with Crippen molar-refractivity contribution in [3.63, 3.8) is 0 Å². The average molecular weight is 434 g/mol. The van der Waals surface area contributed by atoms with E-state index in [0.29, 0.717) is 0 Å². The highest BCUT2D eigenvalue weighted by Crippen LogP contribution is 2.43. The van der Waals surface area contributed by atoms with E-state index in [1.165, 1.54) is 17.9 Å². The van der Waals surface area contributed by atoms with Gasteiger partial charge in [-0.3, -0.25) is 29.2 Å². The molecule has 158 valence electrons. The third kappa shape index (κ3) is 4.71. The van der Waals surface area contributed by atoms with E-state index < -0.39 is 29.4 Å². The molecule has 1 heterocycles. The van der Waals surface area contributed by atoms with Crippen molar-refractivity contribution < 1.29 is 19.3 Å². The van der Waals surface area contributed by atoms with Gasteiger partial charge in [0.15, 0.2) is 0 Å². The summed E-state index contributed by atoms with van der Waals surface area (Å²) in [5.41, 5.74) is -1.01. The zero-order valence-electron chi connectivity index (χ0n) is 15.8. The molecule has 0 radical (unpaired) electrons. The summed E-state index contributed by atoms with van der Waals surface area (Å²) in [6, 6.07) is 11.2. The predicted octanol–water partition coefficient (Wildman–Crippen LogP) is 1.65. The van der Waals surface area contributed by atoms with Gasteiger partial charge in [-0.1, -0.05) is 30.3 Å². The number of rotatable bonds is 7. The van der Waals surface area contributed by atoms with Crippen molar-refractivity contribution >= 4 is 24.3 Å². The molecule has 0 fully saturated rings. The topological polar surface area (TPSA) is 170 Å². The number of hydrogen-bond acceptors (Lipinski definition) is 6. The molecule has 0 bridgehead atoms. The molecule has 3 aromatic rings. The van der Waals surface area contributed by atoms with Gasteiger partial charge in [-0.15, -0.1) is 0 Å². The van der Waals surface area contributed by atoms with Gasteiger partial charge in [0, 0.05) is 25.2 Å². The van der Waals surface area contributed by atoms with Crippen LogP contribution in [-0.4, -0.2) is 35.4 Å². The normalized spacial score (nSPS) is 12.9. The van der Waals surface area contributed by atoms with Gasteiger partial charge >= 0.3 is 18.7 Å². The van der Waals surface area contributed by atoms with E-state index in [1.807, 2.05) is 0 Å². The van der Waals surface area contributed by atoms with Crippen LogP contribution in [0.2, 0.25) is 0 Å². The number of nitro groups is 1. The van der Waals surface area contributed by atoms with Gasteiger partial charge in [-0.2, -0.15) is 0 Å². The van der Waals surface area contributed by atoms with Crippen LogP contribution in [0, 0.1) is 10.1 Å². The number of benzene rings is 2. The lowest BCUT2D eigenvalue weighted by Crippen LogP contribution is -2.33. The average Bonchev–Trinajstić information content (AvgIpc) is 2.68. The summed E-state index contributed by atoms with van der Waals surface area (Å²) in [6.07, 6.45) is 0. The summed E-state index contributed by atoms with van der Waals surface area (Å²) < 4.78 is 11.9. The molecule has 0 spiro atoms. The van der Waals surface area contributed by atoms with Crippen LogP contribution in [-0.2, 0) is 17.7 Å². The Balaban J connectivity index is 2.13. The van der Waals surface area contributed by atoms with Crippen molar-refractivity contribution in [3.05, 3.63) is 84.4 Å². The molecule has 30 heavy (non-hydrogen) atoms. The Hall–Kier alpha value is -3.11. The number of fused-ring (bicyclic) bond motifs is 1. The molecule has 1 unspecified atom stereocenters. The molecule has 0 saturated heterocycles. The number of aromatic amines is 2. The Morgan fingerprint density at radius 1 is 1.10 bits per heavy atom. The van der Waals surface area contributed by atoms with Crippen LogP contribution in [0.3, 0.4) is 0 Å². The third-order valence-corrected chi connectivity index (χ3v) is 6.03. The predicted molar refractivity (Wildman–Crippen MR) is 109 cm³/mol. The molecular formula is C18H19N4O7P. The van der Waals surface area contributed by atoms with Gasteiger partial charge in [-0.25, -0.2) is 0 Å². The number of nitrogens with zero attached hydrogens (tertiary/aromatic N) is 2. The lowest BCUT2D eigenvalue weighted by atomic mass is 10.1. The first-order valence-corrected chi connectivity index (χ1v) is 10.5. The second kappa shape index (κ2) is 8.33. The molecule has 3 rings (SSSR count). The second-order valence-corrected chi connectivity index (χ2v) is 8.73. The molecule has 0 aliphatic heterocycles. The first kappa shape index (κ1) is 21.6. The van der Waals surface area contributed by atoms with Gasteiger partial charge in [0.1, 0.15) is 5.78 Å². The first-order chi connectivity index (χ1) is 14.1. The van der Waals surface area contributed by atoms with E-state index in [0.717, 1.165) is 11.6 Å². The van der Waals surface area contributed by atoms with E-state index in [-0.39, 0.29) is 35.4 Å². The number of H-pyrrole nitrogens is 2. The van der Waals surface area contributed by atoms with Gasteiger partial charge in [-0.05, 0) is 18.1 Å². The van der Waals surface area contributed by atoms with Gasteiger partial charge in [0.25, 0.3) is 5.69 Å². The van der Waals surface area contributed by atoms with E-state index >= 15 is 0 Å². The Kier molecular flexibility index (Phi) is 5.99. The van der Waals surface area contributed by atoms with Crippen LogP contribution in [0.1, 0.15) is 18.1 Å². The fraction of sp³-hybridized carbons (Fsp3) is 0.222. The fourth-order valence-corrected chi connectivity index (χ4v) is 3.67. The number of nitrogens with one attached hydrogen (secondary N) is 2. The zero-order valence-corrected chi connectivity index (χ0v) is 16.7. The van der Waals surface area contributed by atoms with E-state index in [2.05, 4.69) is 9.97 Å². The Labute approximate surface area is 169 Å². The van der Waals surface area contributed by atoms with Crippen molar-refractivity contribution in [2.75, 3.05) is 0 Å². The molecule has 1 atom stereocenters. The molecule has 11 nitrogen and oxygen atoms in total. The number of aromatic nitrogens is 2. The van der Waals surface area contributed by atoms with Crippen molar-refractivity contribution in [3.8, 4) is 0 Å². The van der Waals surface area contributed by atoms with Crippen LogP contribution in [0.25, 0.3) is 11.0 Å². The summed E-state index contributed by atoms with van der Waals surface area (Å²) in [7, 11) is -4.53. The van der Waals surface area contributed by atoms with Crippen LogP contribution < -0.4 is 11.1 Å². The molecule has 1 aromatic heterocycles. The highest BCUT2D eigenvalue weighted by molar-refractivity contribution is 7.52. The standard InChI is InChI=1S/C18H19N4O7P/c1-11(30(27,28)29)21(9-12-5-3-2-4-6-12)10-13-7-14(22(25)26)8-15-16(13)20-18(24)17(23)19-15/h2-8,11H,9-10H2,1H3,(H,19,23)(H,20,24)(H2,27,28,29). The van der Waals surface area contributed by atoms with Crippen LogP contribution in [0.5, 0.6) is 0 Å². The zero-order chi connectivity index (χ0) is 22.1. The minimum absolute atomic E-state index is 0.0484. The van der Waals surface area contributed by atoms with Gasteiger partial charge in [0.2, 0.25) is 0 Å². The lowest BCUT2D eigenvalue weighted by molar-refractivity contribution is -0.384. The van der Waals surface area contributed by atoms with Gasteiger partial charge < -0.3 is 19.8 Å². The molecular weight excluding hydrogens is 415 g/mol. The molecule has 0 aliphatic rings. The maximum absolute atomic E-state index is 11.9. The SMILES string of the molecule is CC(N(Cc1ccccc1)Cc1cc([N+](=O)[O-])cc2[nH]c(=O)c(=O)[nH]c12)P(=O)(O)O. The van der Waals surface area contributed by atoms with Crippen molar-refractivity contribution in [2.45, 2.75) is 25.8 Å². The van der Waals surface area contributed by atoms with Crippen LogP contribution in [0.15, 0.2) is 52.1 Å². The summed E-state index contributed by atoms with van der Waals surface area (Å²) in [5, 5.41) is 11.3. The first-order valence-electron chi connectivity index (χ1n) is 8.83. The van der Waals surface area contributed by atoms with Gasteiger partial charge in [0.05, 0.1) is 16.0 Å². The van der Waals surface area contributed by atoms with Crippen LogP contribution in [0.4, 0.5) is 5.69 Å². The minimum Gasteiger partial charge on any atom is -0.323 e. The van der Waals surface area contributed by atoms with E-state index in [1.54, 1.807) is 30.3 Å². The summed E-state index contributed by atoms with van der Waals surface area (Å²) in [5.74, 6) is -1.21. The highest BCUT2D eigenvalue weighted by atomic mass is 31.2. The molecule has 2 aromatic carbocycles. The quantitative estimate of drug-likeness (QED) is 0.188. The van der Waals surface area contributed by atoms with Crippen molar-refractivity contribution in [1.29, 1.82) is 0 Å². The maximum Gasteiger partial charge on any atom is 0.342 e. The smallest absolute Gasteiger partial charge is 0.323 e. The molecule has 4 N–H and O–H groups in total. The van der Waals surface area contributed by atoms with E-state index in [9.17, 15) is 34.1 Å². The third-order valence-electron chi connectivity index (χ3n) is 4.73. The minimum atomic E-state index is -4.53. The van der Waals surface area contributed by atoms with Crippen molar-refractivity contribution in [2.24, 2.45) is 0 Å². The van der Waals surface area contributed by atoms with Crippen molar-refractivity contribution in [1.82, 2.24) is 14.9 Å². The maximum atomic E-state index is 11.9. The lowest BCUT2D eigenvalue weighted by Gasteiger charge is -2.29. The fourth-order valence-electron chi connectivity index (χ4n) is 3.08. The summed E-state index contributed by atoms with van der Waals surface area (Å²) in [6.45, 7) is 1.38. The highest BCUT2D eigenvalue weighted by Gasteiger charge is 2.31. The van der Waals surface area contributed by atoms with E-state index in [4.69, 9.17) is 0 Å². The summed E-state index contributed by atoms with van der Waals surface area (Å²) in [4.78, 5) is 59.7. The Morgan fingerprint density at radius 3 is 2.33 bits per heavy atom. The molecule has 0 amide bonds. The molecule has 0 aliphatic carbocycles. The molecule has 0 saturated carbocycles. The summed E-state index contributed by atoms with van der Waals surface area (Å²) >= 11 is 0. The number of hydrogen-bond donors (Lipinski definition) is 4. The Bertz CT molecular complexity index is 1250. The largest absolute Gasteiger partial charge is 0.342 e. The number of nitro benzene ring substituents is 1. The second-order valence-electron chi connectivity index (χ2n) is 6.80. The monoisotopic (exact) mass is 434 g/mol. The number of non-ortho nitro benzene ring substituents is 1. The molecule has 12 heteroatoms. The van der Waals surface area contributed by atoms with Crippen LogP contribution >= 0.6 is 7.60 Å².